The third-order valence-corrected chi connectivity index (χ3v) is 2.90. The Morgan fingerprint density at radius 1 is 1.29 bits per heavy atom. The van der Waals surface area contributed by atoms with Crippen molar-refractivity contribution in [1.29, 1.82) is 0 Å². The Balaban J connectivity index is 1.99. The van der Waals surface area contributed by atoms with Gasteiger partial charge in [-0.2, -0.15) is 0 Å². The van der Waals surface area contributed by atoms with E-state index >= 15 is 0 Å². The molecule has 1 N–H and O–H groups in total. The molecule has 0 radical (unpaired) electrons. The molecule has 2 aromatic rings. The van der Waals surface area contributed by atoms with Crippen LogP contribution in [0.2, 0.25) is 0 Å². The number of ketones is 1. The van der Waals surface area contributed by atoms with E-state index in [0.717, 1.165) is 16.7 Å². The minimum atomic E-state index is 0.0274. The first kappa shape index (κ1) is 10.2. The maximum absolute atomic E-state index is 11.2. The average molecular weight is 227 g/mol. The molecule has 0 saturated heterocycles. The van der Waals surface area contributed by atoms with Gasteiger partial charge in [0.25, 0.3) is 0 Å². The Morgan fingerprint density at radius 3 is 2.82 bits per heavy atom. The first-order valence-corrected chi connectivity index (χ1v) is 5.75. The van der Waals surface area contributed by atoms with E-state index in [0.29, 0.717) is 11.6 Å². The van der Waals surface area contributed by atoms with Gasteiger partial charge in [-0.05, 0) is 25.8 Å². The second kappa shape index (κ2) is 3.80. The van der Waals surface area contributed by atoms with Crippen molar-refractivity contribution in [3.8, 4) is 0 Å². The Bertz CT molecular complexity index is 590. The number of Topliss-reactive ketones (excluding diaryl/α,β-unsaturated/α-hetero) is 1. The molecule has 0 spiro atoms. The number of carbonyl (C=O) groups is 1. The van der Waals surface area contributed by atoms with Gasteiger partial charge in [-0.15, -0.1) is 0 Å². The second-order valence-electron chi connectivity index (χ2n) is 4.46. The molecule has 1 aliphatic rings. The average Bonchev–Trinajstić information content (AvgIpc) is 3.12. The Morgan fingerprint density at radius 2 is 2.12 bits per heavy atom. The van der Waals surface area contributed by atoms with Gasteiger partial charge in [0.05, 0.1) is 5.52 Å². The van der Waals surface area contributed by atoms with Gasteiger partial charge >= 0.3 is 0 Å². The zero-order valence-electron chi connectivity index (χ0n) is 9.60. The van der Waals surface area contributed by atoms with Crippen LogP contribution in [-0.2, 0) is 0 Å². The van der Waals surface area contributed by atoms with Crippen molar-refractivity contribution in [3.63, 3.8) is 0 Å². The summed E-state index contributed by atoms with van der Waals surface area (Å²) in [6.45, 7) is 1.54. The molecule has 0 unspecified atom stereocenters. The van der Waals surface area contributed by atoms with Crippen molar-refractivity contribution in [3.05, 3.63) is 30.1 Å². The van der Waals surface area contributed by atoms with Crippen molar-refractivity contribution in [1.82, 2.24) is 9.97 Å². The summed E-state index contributed by atoms with van der Waals surface area (Å²) in [5.41, 5.74) is 1.50. The van der Waals surface area contributed by atoms with Gasteiger partial charge in [0, 0.05) is 35.5 Å². The van der Waals surface area contributed by atoms with E-state index in [1.165, 1.54) is 12.8 Å². The van der Waals surface area contributed by atoms with Crippen LogP contribution in [0.5, 0.6) is 0 Å². The molecule has 1 aliphatic carbocycles. The topological polar surface area (TPSA) is 54.9 Å². The van der Waals surface area contributed by atoms with E-state index in [1.807, 2.05) is 12.1 Å². The number of fused-ring (bicyclic) bond motifs is 1. The third kappa shape index (κ3) is 2.11. The molecule has 1 saturated carbocycles. The van der Waals surface area contributed by atoms with Gasteiger partial charge in [-0.1, -0.05) is 0 Å². The summed E-state index contributed by atoms with van der Waals surface area (Å²) in [4.78, 5) is 19.9. The smallest absolute Gasteiger partial charge is 0.161 e. The summed E-state index contributed by atoms with van der Waals surface area (Å²) in [7, 11) is 0. The summed E-state index contributed by atoms with van der Waals surface area (Å²) < 4.78 is 0. The van der Waals surface area contributed by atoms with E-state index in [-0.39, 0.29) is 5.78 Å². The number of carbonyl (C=O) groups excluding carboxylic acids is 1. The van der Waals surface area contributed by atoms with Crippen LogP contribution in [0.4, 0.5) is 5.82 Å². The Hall–Kier alpha value is -1.97. The molecule has 17 heavy (non-hydrogen) atoms. The van der Waals surface area contributed by atoms with Crippen LogP contribution in [0, 0.1) is 0 Å². The minimum absolute atomic E-state index is 0.0274. The van der Waals surface area contributed by atoms with E-state index in [2.05, 4.69) is 15.3 Å². The molecule has 86 valence electrons. The van der Waals surface area contributed by atoms with Crippen molar-refractivity contribution in [2.75, 3.05) is 5.32 Å². The van der Waals surface area contributed by atoms with Crippen LogP contribution in [0.15, 0.2) is 24.5 Å². The molecule has 0 amide bonds. The molecule has 0 aliphatic heterocycles. The second-order valence-corrected chi connectivity index (χ2v) is 4.46. The molecule has 3 rings (SSSR count). The van der Waals surface area contributed by atoms with Crippen molar-refractivity contribution in [2.24, 2.45) is 0 Å². The van der Waals surface area contributed by atoms with Gasteiger partial charge in [-0.3, -0.25) is 9.78 Å². The van der Waals surface area contributed by atoms with Gasteiger partial charge in [0.15, 0.2) is 5.78 Å². The molecule has 1 fully saturated rings. The van der Waals surface area contributed by atoms with Crippen LogP contribution >= 0.6 is 0 Å². The SMILES string of the molecule is CC(=O)c1cnc2cc(NC3CC3)ncc2c1. The van der Waals surface area contributed by atoms with Gasteiger partial charge in [0.1, 0.15) is 5.82 Å². The van der Waals surface area contributed by atoms with Crippen molar-refractivity contribution < 1.29 is 4.79 Å². The standard InChI is InChI=1S/C13H13N3O/c1-8(17)9-4-10-7-15-13(16-11-2-3-11)5-12(10)14-6-9/h4-7,11H,2-3H2,1H3,(H,15,16). The molecule has 4 nitrogen and oxygen atoms in total. The molecule has 2 aromatic heterocycles. The summed E-state index contributed by atoms with van der Waals surface area (Å²) in [6.07, 6.45) is 5.82. The highest BCUT2D eigenvalue weighted by Crippen LogP contribution is 2.25. The summed E-state index contributed by atoms with van der Waals surface area (Å²) in [6, 6.07) is 4.34. The van der Waals surface area contributed by atoms with Crippen LogP contribution < -0.4 is 5.32 Å². The summed E-state index contributed by atoms with van der Waals surface area (Å²) in [5.74, 6) is 0.891. The lowest BCUT2D eigenvalue weighted by Crippen LogP contribution is -2.03. The predicted molar refractivity (Wildman–Crippen MR) is 66.2 cm³/mol. The highest BCUT2D eigenvalue weighted by Gasteiger charge is 2.21. The molecular formula is C13H13N3O. The fourth-order valence-corrected chi connectivity index (χ4v) is 1.73. The highest BCUT2D eigenvalue weighted by molar-refractivity contribution is 5.97. The zero-order valence-corrected chi connectivity index (χ0v) is 9.60. The van der Waals surface area contributed by atoms with E-state index < -0.39 is 0 Å². The van der Waals surface area contributed by atoms with Crippen LogP contribution in [-0.4, -0.2) is 21.8 Å². The number of nitrogens with one attached hydrogen (secondary N) is 1. The maximum Gasteiger partial charge on any atom is 0.161 e. The molecule has 2 heterocycles. The number of pyridine rings is 2. The first-order chi connectivity index (χ1) is 8.22. The number of anilines is 1. The number of aromatic nitrogens is 2. The number of hydrogen-bond donors (Lipinski definition) is 1. The van der Waals surface area contributed by atoms with Crippen molar-refractivity contribution >= 4 is 22.5 Å². The Kier molecular flexibility index (Phi) is 2.28. The van der Waals surface area contributed by atoms with Crippen LogP contribution in [0.1, 0.15) is 30.1 Å². The molecule has 0 aromatic carbocycles. The lowest BCUT2D eigenvalue weighted by Gasteiger charge is -2.05. The molecular weight excluding hydrogens is 214 g/mol. The molecule has 0 bridgehead atoms. The summed E-state index contributed by atoms with van der Waals surface area (Å²) in [5, 5.41) is 4.23. The van der Waals surface area contributed by atoms with Crippen molar-refractivity contribution in [2.45, 2.75) is 25.8 Å². The van der Waals surface area contributed by atoms with Gasteiger partial charge in [0.2, 0.25) is 0 Å². The zero-order chi connectivity index (χ0) is 11.8. The van der Waals surface area contributed by atoms with Crippen LogP contribution in [0.25, 0.3) is 10.9 Å². The number of hydrogen-bond acceptors (Lipinski definition) is 4. The lowest BCUT2D eigenvalue weighted by atomic mass is 10.1. The first-order valence-electron chi connectivity index (χ1n) is 5.75. The molecule has 4 heteroatoms. The fraction of sp³-hybridized carbons (Fsp3) is 0.308. The lowest BCUT2D eigenvalue weighted by molar-refractivity contribution is 0.101. The minimum Gasteiger partial charge on any atom is -0.367 e. The largest absolute Gasteiger partial charge is 0.367 e. The predicted octanol–water partition coefficient (Wildman–Crippen LogP) is 2.41. The van der Waals surface area contributed by atoms with E-state index in [9.17, 15) is 4.79 Å². The third-order valence-electron chi connectivity index (χ3n) is 2.90. The highest BCUT2D eigenvalue weighted by atomic mass is 16.1. The monoisotopic (exact) mass is 227 g/mol. The number of rotatable bonds is 3. The van der Waals surface area contributed by atoms with E-state index in [1.54, 1.807) is 19.3 Å². The fourth-order valence-electron chi connectivity index (χ4n) is 1.73. The van der Waals surface area contributed by atoms with Gasteiger partial charge < -0.3 is 5.32 Å². The normalized spacial score (nSPS) is 14.9. The quantitative estimate of drug-likeness (QED) is 0.818. The Labute approximate surface area is 99.1 Å². The van der Waals surface area contributed by atoms with Gasteiger partial charge in [-0.25, -0.2) is 4.98 Å². The summed E-state index contributed by atoms with van der Waals surface area (Å²) >= 11 is 0. The maximum atomic E-state index is 11.2. The van der Waals surface area contributed by atoms with Crippen LogP contribution in [0.3, 0.4) is 0 Å². The van der Waals surface area contributed by atoms with E-state index in [4.69, 9.17) is 0 Å². The number of nitrogens with zero attached hydrogens (tertiary/aromatic N) is 2. The molecule has 0 atom stereocenters.